The number of aromatic carboxylic acids is 1. The van der Waals surface area contributed by atoms with Gasteiger partial charge in [-0.15, -0.1) is 0 Å². The van der Waals surface area contributed by atoms with Crippen molar-refractivity contribution in [3.05, 3.63) is 42.0 Å². The average molecular weight is 229 g/mol. The lowest BCUT2D eigenvalue weighted by atomic mass is 10.1. The van der Waals surface area contributed by atoms with Crippen LogP contribution >= 0.6 is 11.8 Å². The summed E-state index contributed by atoms with van der Waals surface area (Å²) in [6.07, 6.45) is 0. The van der Waals surface area contributed by atoms with Gasteiger partial charge in [0.25, 0.3) is 0 Å². The maximum absolute atomic E-state index is 11.0. The molecule has 0 bridgehead atoms. The number of carbonyl (C=O) groups is 1. The summed E-state index contributed by atoms with van der Waals surface area (Å²) in [5, 5.41) is 21.3. The van der Waals surface area contributed by atoms with Gasteiger partial charge in [-0.3, -0.25) is 0 Å². The van der Waals surface area contributed by atoms with Crippen molar-refractivity contribution in [3.63, 3.8) is 0 Å². The molecule has 0 heterocycles. The van der Waals surface area contributed by atoms with Crippen LogP contribution in [0.2, 0.25) is 0 Å². The van der Waals surface area contributed by atoms with Crippen LogP contribution in [0.15, 0.2) is 41.3 Å². The molecule has 0 saturated carbocycles. The number of carboxylic acid groups (broad SMARTS) is 1. The van der Waals surface area contributed by atoms with Crippen molar-refractivity contribution >= 4 is 28.5 Å². The summed E-state index contributed by atoms with van der Waals surface area (Å²) in [5.41, 5.74) is 0.172. The van der Waals surface area contributed by atoms with E-state index in [0.717, 1.165) is 22.5 Å². The zero-order valence-corrected chi connectivity index (χ0v) is 8.99. The minimum absolute atomic E-state index is 0.172. The Morgan fingerprint density at radius 3 is 2.44 bits per heavy atom. The first-order valence-corrected chi connectivity index (χ1v) is 5.36. The Morgan fingerprint density at radius 1 is 1.25 bits per heavy atom. The number of fused-ring (bicyclic) bond motifs is 1. The van der Waals surface area contributed by atoms with Crippen molar-refractivity contribution in [1.82, 2.24) is 0 Å². The molecule has 16 heavy (non-hydrogen) atoms. The molecular weight excluding hydrogens is 222 g/mol. The first-order valence-electron chi connectivity index (χ1n) is 4.54. The summed E-state index contributed by atoms with van der Waals surface area (Å²) in [6, 6.07) is 10.8. The highest BCUT2D eigenvalue weighted by Crippen LogP contribution is 2.27. The highest BCUT2D eigenvalue weighted by Gasteiger charge is 2.11. The van der Waals surface area contributed by atoms with Crippen LogP contribution in [0.1, 0.15) is 10.4 Å². The molecule has 0 saturated heterocycles. The van der Waals surface area contributed by atoms with Gasteiger partial charge in [0.05, 0.1) is 5.56 Å². The van der Waals surface area contributed by atoms with Crippen molar-refractivity contribution in [2.45, 2.75) is 4.90 Å². The summed E-state index contributed by atoms with van der Waals surface area (Å²) in [6.45, 7) is 0. The summed E-state index contributed by atoms with van der Waals surface area (Å²) in [7, 11) is 0. The minimum atomic E-state index is -1.01. The second-order valence-corrected chi connectivity index (χ2v) is 4.02. The Hall–Kier alpha value is -1.99. The summed E-state index contributed by atoms with van der Waals surface area (Å²) >= 11 is 0.870. The lowest BCUT2D eigenvalue weighted by molar-refractivity contribution is 0.0693. The molecule has 0 fully saturated rings. The molecule has 0 aliphatic heterocycles. The molecule has 78 valence electrons. The number of carboxylic acids is 1. The smallest absolute Gasteiger partial charge is 0.336 e. The number of rotatable bonds is 2. The molecule has 2 aromatic carbocycles. The van der Waals surface area contributed by atoms with E-state index in [4.69, 9.17) is 10.4 Å². The van der Waals surface area contributed by atoms with Gasteiger partial charge in [0, 0.05) is 4.90 Å². The van der Waals surface area contributed by atoms with Crippen molar-refractivity contribution in [1.29, 1.82) is 5.26 Å². The van der Waals surface area contributed by atoms with E-state index in [1.807, 2.05) is 29.7 Å². The molecule has 4 heteroatoms. The Kier molecular flexibility index (Phi) is 2.80. The topological polar surface area (TPSA) is 61.1 Å². The predicted octanol–water partition coefficient (Wildman–Crippen LogP) is 3.11. The molecule has 3 nitrogen and oxygen atoms in total. The Balaban J connectivity index is 2.71. The molecule has 0 amide bonds. The van der Waals surface area contributed by atoms with Gasteiger partial charge in [0.15, 0.2) is 0 Å². The van der Waals surface area contributed by atoms with Crippen LogP contribution in [0.5, 0.6) is 0 Å². The normalized spacial score (nSPS) is 9.94. The molecule has 0 aliphatic rings. The molecule has 0 atom stereocenters. The lowest BCUT2D eigenvalue weighted by Gasteiger charge is -2.04. The fraction of sp³-hybridized carbons (Fsp3) is 0. The van der Waals surface area contributed by atoms with Crippen LogP contribution in [-0.2, 0) is 0 Å². The average Bonchev–Trinajstić information content (AvgIpc) is 2.28. The van der Waals surface area contributed by atoms with E-state index >= 15 is 0 Å². The third-order valence-corrected chi connectivity index (χ3v) is 2.88. The van der Waals surface area contributed by atoms with Gasteiger partial charge in [0.2, 0.25) is 0 Å². The fourth-order valence-electron chi connectivity index (χ4n) is 1.52. The monoisotopic (exact) mass is 229 g/mol. The van der Waals surface area contributed by atoms with E-state index in [1.54, 1.807) is 12.1 Å². The largest absolute Gasteiger partial charge is 0.478 e. The second-order valence-electron chi connectivity index (χ2n) is 3.19. The van der Waals surface area contributed by atoms with E-state index in [9.17, 15) is 4.79 Å². The van der Waals surface area contributed by atoms with Crippen molar-refractivity contribution in [3.8, 4) is 5.40 Å². The van der Waals surface area contributed by atoms with Crippen molar-refractivity contribution in [2.24, 2.45) is 0 Å². The zero-order chi connectivity index (χ0) is 11.5. The second kappa shape index (κ2) is 4.25. The number of benzene rings is 2. The standard InChI is InChI=1S/C12H7NO2S/c13-7-16-11-6-9-4-2-1-3-8(9)5-10(11)12(14)15/h1-6H,(H,14,15). The Labute approximate surface area is 96.3 Å². The van der Waals surface area contributed by atoms with E-state index in [0.29, 0.717) is 4.90 Å². The molecule has 0 unspecified atom stereocenters. The van der Waals surface area contributed by atoms with E-state index in [-0.39, 0.29) is 5.56 Å². The van der Waals surface area contributed by atoms with Crippen LogP contribution in [0.3, 0.4) is 0 Å². The maximum atomic E-state index is 11.0. The number of thioether (sulfide) groups is 1. The first kappa shape index (κ1) is 10.5. The minimum Gasteiger partial charge on any atom is -0.478 e. The number of nitriles is 1. The molecule has 2 aromatic rings. The number of nitrogens with zero attached hydrogens (tertiary/aromatic N) is 1. The van der Waals surface area contributed by atoms with E-state index in [1.165, 1.54) is 0 Å². The summed E-state index contributed by atoms with van der Waals surface area (Å²) < 4.78 is 0. The summed E-state index contributed by atoms with van der Waals surface area (Å²) in [4.78, 5) is 11.5. The predicted molar refractivity (Wildman–Crippen MR) is 62.4 cm³/mol. The molecule has 1 N–H and O–H groups in total. The SMILES string of the molecule is N#CSc1cc2ccccc2cc1C(=O)O. The molecule has 0 aromatic heterocycles. The molecule has 0 radical (unpaired) electrons. The van der Waals surface area contributed by atoms with Crippen LogP contribution < -0.4 is 0 Å². The van der Waals surface area contributed by atoms with Gasteiger partial charge in [-0.05, 0) is 34.7 Å². The molecule has 0 spiro atoms. The van der Waals surface area contributed by atoms with Gasteiger partial charge in [-0.25, -0.2) is 4.79 Å². The van der Waals surface area contributed by atoms with Crippen LogP contribution in [-0.4, -0.2) is 11.1 Å². The molecule has 2 rings (SSSR count). The van der Waals surface area contributed by atoms with Gasteiger partial charge in [-0.2, -0.15) is 5.26 Å². The highest BCUT2D eigenvalue weighted by atomic mass is 32.2. The maximum Gasteiger partial charge on any atom is 0.336 e. The van der Waals surface area contributed by atoms with Gasteiger partial charge in [0.1, 0.15) is 5.40 Å². The number of thiocyanates is 1. The zero-order valence-electron chi connectivity index (χ0n) is 8.18. The van der Waals surface area contributed by atoms with Gasteiger partial charge in [-0.1, -0.05) is 24.3 Å². The quantitative estimate of drug-likeness (QED) is 0.635. The number of hydrogen-bond acceptors (Lipinski definition) is 3. The van der Waals surface area contributed by atoms with Gasteiger partial charge >= 0.3 is 5.97 Å². The van der Waals surface area contributed by atoms with E-state index in [2.05, 4.69) is 0 Å². The summed E-state index contributed by atoms with van der Waals surface area (Å²) in [5.74, 6) is -1.01. The highest BCUT2D eigenvalue weighted by molar-refractivity contribution is 8.03. The third-order valence-electron chi connectivity index (χ3n) is 2.23. The van der Waals surface area contributed by atoms with Crippen molar-refractivity contribution < 1.29 is 9.90 Å². The first-order chi connectivity index (χ1) is 7.72. The third kappa shape index (κ3) is 1.86. The van der Waals surface area contributed by atoms with Crippen LogP contribution in [0.25, 0.3) is 10.8 Å². The van der Waals surface area contributed by atoms with Crippen molar-refractivity contribution in [2.75, 3.05) is 0 Å². The number of hydrogen-bond donors (Lipinski definition) is 1. The fourth-order valence-corrected chi connectivity index (χ4v) is 2.06. The van der Waals surface area contributed by atoms with Gasteiger partial charge < -0.3 is 5.11 Å². The Bertz CT molecular complexity index is 601. The van der Waals surface area contributed by atoms with Crippen LogP contribution in [0, 0.1) is 10.7 Å². The van der Waals surface area contributed by atoms with Crippen LogP contribution in [0.4, 0.5) is 0 Å². The Morgan fingerprint density at radius 2 is 1.88 bits per heavy atom. The molecular formula is C12H7NO2S. The lowest BCUT2D eigenvalue weighted by Crippen LogP contribution is -1.98. The molecule has 0 aliphatic carbocycles. The van der Waals surface area contributed by atoms with E-state index < -0.39 is 5.97 Å².